The normalized spacial score (nSPS) is 21.0. The van der Waals surface area contributed by atoms with Crippen LogP contribution in [0.15, 0.2) is 30.3 Å². The van der Waals surface area contributed by atoms with Gasteiger partial charge < -0.3 is 14.4 Å². The molecule has 0 saturated carbocycles. The summed E-state index contributed by atoms with van der Waals surface area (Å²) in [6.07, 6.45) is 0.700. The number of fused-ring (bicyclic) bond motifs is 1. The zero-order valence-electron chi connectivity index (χ0n) is 12.8. The summed E-state index contributed by atoms with van der Waals surface area (Å²) in [5.41, 5.74) is 3.52. The van der Waals surface area contributed by atoms with Crippen LogP contribution in [0.5, 0.6) is 0 Å². The SMILES string of the molecule is O=C(c1n[nH]c2c1COCC2)N1CCO[C@H](c2ccccc2)C1. The molecule has 1 saturated heterocycles. The molecule has 0 unspecified atom stereocenters. The zero-order chi connectivity index (χ0) is 15.6. The number of nitrogens with one attached hydrogen (secondary N) is 1. The minimum Gasteiger partial charge on any atom is -0.376 e. The van der Waals surface area contributed by atoms with Crippen molar-refractivity contribution in [2.75, 3.05) is 26.3 Å². The van der Waals surface area contributed by atoms with E-state index in [1.807, 2.05) is 35.2 Å². The van der Waals surface area contributed by atoms with Crippen LogP contribution in [-0.4, -0.2) is 47.3 Å². The van der Waals surface area contributed by atoms with Gasteiger partial charge in [0.15, 0.2) is 5.69 Å². The molecule has 1 atom stereocenters. The number of nitrogens with zero attached hydrogens (tertiary/aromatic N) is 2. The lowest BCUT2D eigenvalue weighted by atomic mass is 10.1. The number of aromatic nitrogens is 2. The summed E-state index contributed by atoms with van der Waals surface area (Å²) in [6, 6.07) is 10.0. The van der Waals surface area contributed by atoms with Gasteiger partial charge in [-0.2, -0.15) is 5.10 Å². The number of hydrogen-bond donors (Lipinski definition) is 1. The van der Waals surface area contributed by atoms with Crippen LogP contribution < -0.4 is 0 Å². The number of ether oxygens (including phenoxy) is 2. The number of rotatable bonds is 2. The molecule has 2 aliphatic rings. The molecule has 6 heteroatoms. The number of H-pyrrole nitrogens is 1. The number of carbonyl (C=O) groups is 1. The van der Waals surface area contributed by atoms with E-state index in [-0.39, 0.29) is 12.0 Å². The molecule has 1 aromatic heterocycles. The summed E-state index contributed by atoms with van der Waals surface area (Å²) >= 11 is 0. The van der Waals surface area contributed by atoms with Crippen molar-refractivity contribution in [1.82, 2.24) is 15.1 Å². The Morgan fingerprint density at radius 2 is 2.13 bits per heavy atom. The molecule has 23 heavy (non-hydrogen) atoms. The third kappa shape index (κ3) is 2.75. The van der Waals surface area contributed by atoms with Gasteiger partial charge in [-0.05, 0) is 5.56 Å². The first-order valence-electron chi connectivity index (χ1n) is 7.92. The Morgan fingerprint density at radius 3 is 3.00 bits per heavy atom. The molecule has 2 aromatic rings. The first kappa shape index (κ1) is 14.4. The first-order valence-corrected chi connectivity index (χ1v) is 7.92. The molecule has 2 aliphatic heterocycles. The van der Waals surface area contributed by atoms with Gasteiger partial charge in [-0.25, -0.2) is 0 Å². The summed E-state index contributed by atoms with van der Waals surface area (Å²) in [7, 11) is 0. The average Bonchev–Trinajstić information content (AvgIpc) is 3.06. The van der Waals surface area contributed by atoms with Gasteiger partial charge in [-0.1, -0.05) is 30.3 Å². The topological polar surface area (TPSA) is 67.5 Å². The fourth-order valence-corrected chi connectivity index (χ4v) is 3.14. The van der Waals surface area contributed by atoms with Gasteiger partial charge in [0.1, 0.15) is 6.10 Å². The maximum Gasteiger partial charge on any atom is 0.274 e. The first-order chi connectivity index (χ1) is 11.3. The van der Waals surface area contributed by atoms with Gasteiger partial charge in [0.2, 0.25) is 0 Å². The number of amides is 1. The predicted octanol–water partition coefficient (Wildman–Crippen LogP) is 1.70. The van der Waals surface area contributed by atoms with E-state index in [1.54, 1.807) is 0 Å². The second-order valence-corrected chi connectivity index (χ2v) is 5.85. The highest BCUT2D eigenvalue weighted by molar-refractivity contribution is 5.94. The maximum absolute atomic E-state index is 12.8. The van der Waals surface area contributed by atoms with Gasteiger partial charge in [-0.15, -0.1) is 0 Å². The van der Waals surface area contributed by atoms with E-state index >= 15 is 0 Å². The smallest absolute Gasteiger partial charge is 0.274 e. The van der Waals surface area contributed by atoms with Crippen LogP contribution in [-0.2, 0) is 22.5 Å². The van der Waals surface area contributed by atoms with Crippen LogP contribution in [0.4, 0.5) is 0 Å². The molecule has 3 heterocycles. The van der Waals surface area contributed by atoms with E-state index in [1.165, 1.54) is 0 Å². The van der Waals surface area contributed by atoms with Crippen LogP contribution in [0.2, 0.25) is 0 Å². The molecule has 1 fully saturated rings. The molecule has 6 nitrogen and oxygen atoms in total. The molecule has 0 aliphatic carbocycles. The molecular formula is C17H19N3O3. The minimum atomic E-state index is -0.0834. The third-order valence-corrected chi connectivity index (χ3v) is 4.42. The summed E-state index contributed by atoms with van der Waals surface area (Å²) in [6.45, 7) is 2.81. The van der Waals surface area contributed by atoms with Crippen molar-refractivity contribution in [3.63, 3.8) is 0 Å². The monoisotopic (exact) mass is 313 g/mol. The van der Waals surface area contributed by atoms with Crippen molar-refractivity contribution in [3.05, 3.63) is 52.8 Å². The minimum absolute atomic E-state index is 0.0442. The van der Waals surface area contributed by atoms with Crippen molar-refractivity contribution in [3.8, 4) is 0 Å². The van der Waals surface area contributed by atoms with Gasteiger partial charge in [0, 0.05) is 24.2 Å². The fourth-order valence-electron chi connectivity index (χ4n) is 3.14. The number of morpholine rings is 1. The van der Waals surface area contributed by atoms with Crippen LogP contribution in [0.1, 0.15) is 33.4 Å². The summed E-state index contributed by atoms with van der Waals surface area (Å²) < 4.78 is 11.3. The number of hydrogen-bond acceptors (Lipinski definition) is 4. The molecule has 120 valence electrons. The van der Waals surface area contributed by atoms with E-state index in [4.69, 9.17) is 9.47 Å². The van der Waals surface area contributed by atoms with Crippen LogP contribution in [0, 0.1) is 0 Å². The van der Waals surface area contributed by atoms with E-state index in [9.17, 15) is 4.79 Å². The van der Waals surface area contributed by atoms with E-state index in [0.29, 0.717) is 38.6 Å². The molecule has 0 spiro atoms. The molecule has 0 radical (unpaired) electrons. The average molecular weight is 313 g/mol. The number of benzene rings is 1. The highest BCUT2D eigenvalue weighted by Crippen LogP contribution is 2.25. The van der Waals surface area contributed by atoms with Crippen molar-refractivity contribution in [2.24, 2.45) is 0 Å². The highest BCUT2D eigenvalue weighted by atomic mass is 16.5. The Bertz CT molecular complexity index is 698. The molecule has 4 rings (SSSR count). The molecule has 1 aromatic carbocycles. The van der Waals surface area contributed by atoms with Crippen LogP contribution in [0.25, 0.3) is 0 Å². The third-order valence-electron chi connectivity index (χ3n) is 4.42. The predicted molar refractivity (Wildman–Crippen MR) is 83.0 cm³/mol. The fraction of sp³-hybridized carbons (Fsp3) is 0.412. The lowest BCUT2D eigenvalue weighted by molar-refractivity contribution is -0.0231. The molecular weight excluding hydrogens is 294 g/mol. The Morgan fingerprint density at radius 1 is 1.26 bits per heavy atom. The second-order valence-electron chi connectivity index (χ2n) is 5.85. The van der Waals surface area contributed by atoms with Gasteiger partial charge >= 0.3 is 0 Å². The lowest BCUT2D eigenvalue weighted by Crippen LogP contribution is -2.42. The van der Waals surface area contributed by atoms with Crippen molar-refractivity contribution in [1.29, 1.82) is 0 Å². The Balaban J connectivity index is 1.53. The maximum atomic E-state index is 12.8. The van der Waals surface area contributed by atoms with E-state index < -0.39 is 0 Å². The number of carbonyl (C=O) groups excluding carboxylic acids is 1. The van der Waals surface area contributed by atoms with Crippen molar-refractivity contribution < 1.29 is 14.3 Å². The van der Waals surface area contributed by atoms with Crippen molar-refractivity contribution in [2.45, 2.75) is 19.1 Å². The molecule has 1 amide bonds. The van der Waals surface area contributed by atoms with Crippen molar-refractivity contribution >= 4 is 5.91 Å². The summed E-state index contributed by atoms with van der Waals surface area (Å²) in [4.78, 5) is 14.7. The van der Waals surface area contributed by atoms with Crippen LogP contribution >= 0.6 is 0 Å². The standard InChI is InChI=1S/C17H19N3O3/c21-17(16-13-11-22-8-6-14(13)18-19-16)20-7-9-23-15(10-20)12-4-2-1-3-5-12/h1-5,15H,6-11H2,(H,18,19)/t15-/m0/s1. The molecule has 0 bridgehead atoms. The Labute approximate surface area is 134 Å². The number of aromatic amines is 1. The van der Waals surface area contributed by atoms with Crippen LogP contribution in [0.3, 0.4) is 0 Å². The van der Waals surface area contributed by atoms with E-state index in [0.717, 1.165) is 23.2 Å². The largest absolute Gasteiger partial charge is 0.376 e. The highest BCUT2D eigenvalue weighted by Gasteiger charge is 2.30. The van der Waals surface area contributed by atoms with Gasteiger partial charge in [0.05, 0.1) is 26.4 Å². The quantitative estimate of drug-likeness (QED) is 0.916. The molecule has 1 N–H and O–H groups in total. The summed E-state index contributed by atoms with van der Waals surface area (Å²) in [5, 5.41) is 7.21. The second kappa shape index (κ2) is 6.14. The summed E-state index contributed by atoms with van der Waals surface area (Å²) in [5.74, 6) is -0.0442. The Kier molecular flexibility index (Phi) is 3.85. The zero-order valence-corrected chi connectivity index (χ0v) is 12.8. The Hall–Kier alpha value is -2.18. The van der Waals surface area contributed by atoms with Gasteiger partial charge in [-0.3, -0.25) is 9.89 Å². The lowest BCUT2D eigenvalue weighted by Gasteiger charge is -2.33. The van der Waals surface area contributed by atoms with E-state index in [2.05, 4.69) is 10.2 Å². The van der Waals surface area contributed by atoms with Gasteiger partial charge in [0.25, 0.3) is 5.91 Å².